The summed E-state index contributed by atoms with van der Waals surface area (Å²) >= 11 is 0. The Morgan fingerprint density at radius 1 is 1.33 bits per heavy atom. The molecule has 0 aliphatic heterocycles. The minimum absolute atomic E-state index is 0. The normalized spacial score (nSPS) is 9.13. The molecule has 0 unspecified atom stereocenters. The fraction of sp³-hybridized carbons (Fsp3) is 0.364. The maximum absolute atomic E-state index is 11.3. The third kappa shape index (κ3) is 5.21. The Bertz CT molecular complexity index is 295. The van der Waals surface area contributed by atoms with Crippen molar-refractivity contribution in [3.8, 4) is 5.75 Å². The van der Waals surface area contributed by atoms with Gasteiger partial charge in [-0.25, -0.2) is 4.79 Å². The number of benzene rings is 1. The van der Waals surface area contributed by atoms with Gasteiger partial charge in [0.05, 0.1) is 12.2 Å². The molecule has 15 heavy (non-hydrogen) atoms. The fourth-order valence-electron chi connectivity index (χ4n) is 0.984. The molecule has 0 spiro atoms. The minimum atomic E-state index is -0.363. The van der Waals surface area contributed by atoms with Crippen LogP contribution in [-0.4, -0.2) is 12.6 Å². The Balaban J connectivity index is 0.00000196. The van der Waals surface area contributed by atoms with Gasteiger partial charge in [0.2, 0.25) is 0 Å². The van der Waals surface area contributed by atoms with Gasteiger partial charge in [-0.1, -0.05) is 25.5 Å². The second kappa shape index (κ2) is 7.74. The Kier molecular flexibility index (Phi) is 7.48. The molecule has 0 amide bonds. The van der Waals surface area contributed by atoms with E-state index in [0.717, 1.165) is 12.8 Å². The summed E-state index contributed by atoms with van der Waals surface area (Å²) in [5, 5.41) is 10.8. The van der Waals surface area contributed by atoms with E-state index in [1.54, 1.807) is 0 Å². The quantitative estimate of drug-likeness (QED) is 0.358. The molecule has 3 nitrogen and oxygen atoms in total. The summed E-state index contributed by atoms with van der Waals surface area (Å²) in [5.74, 6) is -0.464. The third-order valence-electron chi connectivity index (χ3n) is 1.82. The van der Waals surface area contributed by atoms with Crippen LogP contribution in [0.2, 0.25) is 0 Å². The van der Waals surface area contributed by atoms with E-state index in [1.807, 2.05) is 6.92 Å². The molecule has 1 aromatic rings. The standard InChI is InChI=1S/C11H14O3.Na/c1-2-3-8-14-11(13)9-4-6-10(12)7-5-9;/h4-7,12H,2-3,8H2,1H3;/q;+1/p-1. The van der Waals surface area contributed by atoms with Gasteiger partial charge in [-0.15, -0.1) is 5.75 Å². The van der Waals surface area contributed by atoms with Crippen LogP contribution in [0.4, 0.5) is 0 Å². The second-order valence-electron chi connectivity index (χ2n) is 3.01. The maximum Gasteiger partial charge on any atom is 1.00 e. The predicted octanol–water partition coefficient (Wildman–Crippen LogP) is -1.28. The van der Waals surface area contributed by atoms with Crippen molar-refractivity contribution in [1.82, 2.24) is 0 Å². The first-order valence-corrected chi connectivity index (χ1v) is 4.68. The molecule has 0 aromatic heterocycles. The van der Waals surface area contributed by atoms with Crippen LogP contribution in [0.3, 0.4) is 0 Å². The van der Waals surface area contributed by atoms with E-state index in [9.17, 15) is 9.90 Å². The van der Waals surface area contributed by atoms with Crippen molar-refractivity contribution in [3.05, 3.63) is 29.8 Å². The van der Waals surface area contributed by atoms with E-state index in [2.05, 4.69) is 0 Å². The molecule has 1 rings (SSSR count). The Morgan fingerprint density at radius 3 is 2.47 bits per heavy atom. The Morgan fingerprint density at radius 2 is 1.93 bits per heavy atom. The van der Waals surface area contributed by atoms with Gasteiger partial charge in [0, 0.05) is 0 Å². The first-order chi connectivity index (χ1) is 6.74. The van der Waals surface area contributed by atoms with Crippen LogP contribution in [0.1, 0.15) is 30.1 Å². The summed E-state index contributed by atoms with van der Waals surface area (Å²) in [5.41, 5.74) is 0.431. The van der Waals surface area contributed by atoms with Crippen molar-refractivity contribution < 1.29 is 44.2 Å². The zero-order valence-corrected chi connectivity index (χ0v) is 11.2. The molecule has 0 fully saturated rings. The molecule has 0 heterocycles. The largest absolute Gasteiger partial charge is 1.00 e. The van der Waals surface area contributed by atoms with E-state index in [1.165, 1.54) is 24.3 Å². The molecule has 0 N–H and O–H groups in total. The van der Waals surface area contributed by atoms with Gasteiger partial charge < -0.3 is 9.84 Å². The second-order valence-corrected chi connectivity index (χ2v) is 3.01. The molecule has 4 heteroatoms. The molecule has 0 atom stereocenters. The molecule has 76 valence electrons. The van der Waals surface area contributed by atoms with Gasteiger partial charge in [0.1, 0.15) is 0 Å². The SMILES string of the molecule is CCCCOC(=O)c1ccc([O-])cc1.[Na+]. The number of ether oxygens (including phenoxy) is 1. The van der Waals surface area contributed by atoms with E-state index >= 15 is 0 Å². The van der Waals surface area contributed by atoms with Crippen LogP contribution in [0.15, 0.2) is 24.3 Å². The minimum Gasteiger partial charge on any atom is -0.872 e. The average Bonchev–Trinajstić information content (AvgIpc) is 2.19. The van der Waals surface area contributed by atoms with E-state index < -0.39 is 0 Å². The molecule has 0 aliphatic rings. The van der Waals surface area contributed by atoms with Crippen molar-refractivity contribution in [3.63, 3.8) is 0 Å². The van der Waals surface area contributed by atoms with Crippen LogP contribution < -0.4 is 34.7 Å². The molecule has 0 saturated heterocycles. The van der Waals surface area contributed by atoms with Gasteiger partial charge in [-0.05, 0) is 18.6 Å². The summed E-state index contributed by atoms with van der Waals surface area (Å²) < 4.78 is 4.97. The van der Waals surface area contributed by atoms with Crippen LogP contribution in [0.5, 0.6) is 5.75 Å². The van der Waals surface area contributed by atoms with Gasteiger partial charge in [-0.3, -0.25) is 0 Å². The van der Waals surface area contributed by atoms with Crippen molar-refractivity contribution in [2.24, 2.45) is 0 Å². The van der Waals surface area contributed by atoms with Gasteiger partial charge >= 0.3 is 35.5 Å². The van der Waals surface area contributed by atoms with Crippen molar-refractivity contribution >= 4 is 5.97 Å². The number of hydrogen-bond donors (Lipinski definition) is 0. The molecule has 0 aliphatic carbocycles. The van der Waals surface area contributed by atoms with Gasteiger partial charge in [0.25, 0.3) is 0 Å². The first kappa shape index (κ1) is 14.5. The van der Waals surface area contributed by atoms with Crippen molar-refractivity contribution in [1.29, 1.82) is 0 Å². The summed E-state index contributed by atoms with van der Waals surface area (Å²) in [4.78, 5) is 11.3. The molecule has 0 bridgehead atoms. The van der Waals surface area contributed by atoms with E-state index in [0.29, 0.717) is 12.2 Å². The summed E-state index contributed by atoms with van der Waals surface area (Å²) in [6, 6.07) is 5.68. The number of rotatable bonds is 4. The zero-order valence-electron chi connectivity index (χ0n) is 9.16. The van der Waals surface area contributed by atoms with Crippen LogP contribution >= 0.6 is 0 Å². The number of unbranched alkanes of at least 4 members (excludes halogenated alkanes) is 1. The molecule has 0 radical (unpaired) electrons. The topological polar surface area (TPSA) is 49.4 Å². The third-order valence-corrected chi connectivity index (χ3v) is 1.82. The number of carbonyl (C=O) groups is 1. The average molecular weight is 216 g/mol. The van der Waals surface area contributed by atoms with Crippen molar-refractivity contribution in [2.45, 2.75) is 19.8 Å². The summed E-state index contributed by atoms with van der Waals surface area (Å²) in [6.45, 7) is 2.47. The van der Waals surface area contributed by atoms with Gasteiger partial charge in [0.15, 0.2) is 0 Å². The summed E-state index contributed by atoms with van der Waals surface area (Å²) in [7, 11) is 0. The Labute approximate surface area is 112 Å². The molecule has 0 saturated carbocycles. The molecular formula is C11H13NaO3. The van der Waals surface area contributed by atoms with Crippen LogP contribution in [0.25, 0.3) is 0 Å². The first-order valence-electron chi connectivity index (χ1n) is 4.68. The zero-order chi connectivity index (χ0) is 10.4. The number of esters is 1. The molecule has 1 aromatic carbocycles. The Hall–Kier alpha value is -0.510. The fourth-order valence-corrected chi connectivity index (χ4v) is 0.984. The maximum atomic E-state index is 11.3. The van der Waals surface area contributed by atoms with E-state index in [4.69, 9.17) is 4.74 Å². The van der Waals surface area contributed by atoms with Crippen LogP contribution in [0, 0.1) is 0 Å². The smallest absolute Gasteiger partial charge is 0.872 e. The summed E-state index contributed by atoms with van der Waals surface area (Å²) in [6.07, 6.45) is 1.86. The number of hydrogen-bond acceptors (Lipinski definition) is 3. The number of carbonyl (C=O) groups excluding carboxylic acids is 1. The van der Waals surface area contributed by atoms with Crippen molar-refractivity contribution in [2.75, 3.05) is 6.61 Å². The molecular weight excluding hydrogens is 203 g/mol. The van der Waals surface area contributed by atoms with E-state index in [-0.39, 0.29) is 41.3 Å². The van der Waals surface area contributed by atoms with Crippen LogP contribution in [-0.2, 0) is 4.74 Å². The predicted molar refractivity (Wildman–Crippen MR) is 51.1 cm³/mol. The monoisotopic (exact) mass is 216 g/mol. The van der Waals surface area contributed by atoms with Gasteiger partial charge in [-0.2, -0.15) is 0 Å².